The average molecular weight is 360 g/mol. The summed E-state index contributed by atoms with van der Waals surface area (Å²) in [7, 11) is 0. The first-order valence-electron chi connectivity index (χ1n) is 9.42. The van der Waals surface area contributed by atoms with Gasteiger partial charge in [-0.2, -0.15) is 5.10 Å². The standard InChI is InChI=1S/C22H24N4O/c1-16-10-12-18(13-11-16)24-22(27)25-20-8-5-9-21-19(20)14-23-26(21)15-17-6-3-2-4-7-17/h2-4,6-7,10-14,20H,5,8-9,15H2,1H3,(H2,24,25,27). The summed E-state index contributed by atoms with van der Waals surface area (Å²) < 4.78 is 2.07. The Morgan fingerprint density at radius 3 is 2.70 bits per heavy atom. The van der Waals surface area contributed by atoms with Gasteiger partial charge in [-0.1, -0.05) is 48.0 Å². The Morgan fingerprint density at radius 2 is 1.93 bits per heavy atom. The lowest BCUT2D eigenvalue weighted by Gasteiger charge is -2.24. The molecule has 1 heterocycles. The Kier molecular flexibility index (Phi) is 4.92. The number of benzene rings is 2. The van der Waals surface area contributed by atoms with E-state index in [1.54, 1.807) is 0 Å². The van der Waals surface area contributed by atoms with Crippen molar-refractivity contribution in [2.75, 3.05) is 5.32 Å². The summed E-state index contributed by atoms with van der Waals surface area (Å²) >= 11 is 0. The Morgan fingerprint density at radius 1 is 1.15 bits per heavy atom. The summed E-state index contributed by atoms with van der Waals surface area (Å²) in [6.07, 6.45) is 4.89. The summed E-state index contributed by atoms with van der Waals surface area (Å²) in [5.41, 5.74) is 5.56. The first kappa shape index (κ1) is 17.3. The molecule has 1 atom stereocenters. The van der Waals surface area contributed by atoms with E-state index in [0.717, 1.165) is 37.1 Å². The van der Waals surface area contributed by atoms with Crippen molar-refractivity contribution in [1.82, 2.24) is 15.1 Å². The fraction of sp³-hybridized carbons (Fsp3) is 0.273. The fourth-order valence-corrected chi connectivity index (χ4v) is 3.62. The van der Waals surface area contributed by atoms with Gasteiger partial charge in [0.25, 0.3) is 0 Å². The molecule has 4 rings (SSSR count). The summed E-state index contributed by atoms with van der Waals surface area (Å²) in [5.74, 6) is 0. The molecule has 5 nitrogen and oxygen atoms in total. The van der Waals surface area contributed by atoms with E-state index in [9.17, 15) is 4.79 Å². The lowest BCUT2D eigenvalue weighted by Crippen LogP contribution is -2.34. The molecule has 2 aromatic carbocycles. The highest BCUT2D eigenvalue weighted by atomic mass is 16.2. The van der Waals surface area contributed by atoms with Gasteiger partial charge in [0.15, 0.2) is 0 Å². The number of carbonyl (C=O) groups excluding carboxylic acids is 1. The van der Waals surface area contributed by atoms with Crippen LogP contribution in [0.2, 0.25) is 0 Å². The Balaban J connectivity index is 1.45. The topological polar surface area (TPSA) is 59.0 Å². The van der Waals surface area contributed by atoms with Crippen molar-refractivity contribution in [1.29, 1.82) is 0 Å². The van der Waals surface area contributed by atoms with Crippen molar-refractivity contribution in [3.8, 4) is 0 Å². The zero-order valence-corrected chi connectivity index (χ0v) is 15.5. The SMILES string of the molecule is Cc1ccc(NC(=O)NC2CCCc3c2cnn3Cc2ccccc2)cc1. The average Bonchev–Trinajstić information content (AvgIpc) is 3.08. The van der Waals surface area contributed by atoms with Crippen LogP contribution in [0.1, 0.15) is 41.3 Å². The number of urea groups is 1. The van der Waals surface area contributed by atoms with Crippen LogP contribution in [0.15, 0.2) is 60.8 Å². The Hall–Kier alpha value is -3.08. The molecule has 0 fully saturated rings. The van der Waals surface area contributed by atoms with Crippen LogP contribution < -0.4 is 10.6 Å². The first-order valence-corrected chi connectivity index (χ1v) is 9.42. The van der Waals surface area contributed by atoms with Crippen LogP contribution in [0.25, 0.3) is 0 Å². The van der Waals surface area contributed by atoms with Gasteiger partial charge >= 0.3 is 6.03 Å². The minimum Gasteiger partial charge on any atom is -0.331 e. The van der Waals surface area contributed by atoms with Crippen molar-refractivity contribution in [2.45, 2.75) is 38.8 Å². The van der Waals surface area contributed by atoms with Crippen LogP contribution in [0.3, 0.4) is 0 Å². The molecule has 2 amide bonds. The van der Waals surface area contributed by atoms with Gasteiger partial charge in [-0.3, -0.25) is 4.68 Å². The third-order valence-corrected chi connectivity index (χ3v) is 5.05. The van der Waals surface area contributed by atoms with E-state index in [0.29, 0.717) is 0 Å². The summed E-state index contributed by atoms with van der Waals surface area (Å²) in [5, 5.41) is 10.6. The van der Waals surface area contributed by atoms with Crippen LogP contribution in [0.5, 0.6) is 0 Å². The van der Waals surface area contributed by atoms with Gasteiger partial charge in [0.1, 0.15) is 0 Å². The lowest BCUT2D eigenvalue weighted by molar-refractivity contribution is 0.247. The molecule has 3 aromatic rings. The van der Waals surface area contributed by atoms with Crippen molar-refractivity contribution >= 4 is 11.7 Å². The highest BCUT2D eigenvalue weighted by molar-refractivity contribution is 5.89. The number of amides is 2. The molecule has 1 aliphatic rings. The fourth-order valence-electron chi connectivity index (χ4n) is 3.62. The molecule has 27 heavy (non-hydrogen) atoms. The number of carbonyl (C=O) groups is 1. The molecule has 1 aliphatic carbocycles. The number of aromatic nitrogens is 2. The van der Waals surface area contributed by atoms with Gasteiger partial charge in [0.05, 0.1) is 18.8 Å². The van der Waals surface area contributed by atoms with Crippen LogP contribution in [-0.4, -0.2) is 15.8 Å². The van der Waals surface area contributed by atoms with Crippen LogP contribution >= 0.6 is 0 Å². The molecule has 0 saturated carbocycles. The van der Waals surface area contributed by atoms with Gasteiger partial charge in [-0.05, 0) is 43.9 Å². The number of anilines is 1. The predicted molar refractivity (Wildman–Crippen MR) is 107 cm³/mol. The molecule has 5 heteroatoms. The first-order chi connectivity index (χ1) is 13.2. The molecule has 1 aromatic heterocycles. The second-order valence-electron chi connectivity index (χ2n) is 7.10. The summed E-state index contributed by atoms with van der Waals surface area (Å²) in [4.78, 5) is 12.4. The maximum Gasteiger partial charge on any atom is 0.319 e. The van der Waals surface area contributed by atoms with E-state index in [4.69, 9.17) is 0 Å². The van der Waals surface area contributed by atoms with Gasteiger partial charge < -0.3 is 10.6 Å². The summed E-state index contributed by atoms with van der Waals surface area (Å²) in [6.45, 7) is 2.79. The normalized spacial score (nSPS) is 15.8. The molecular weight excluding hydrogens is 336 g/mol. The van der Waals surface area contributed by atoms with E-state index < -0.39 is 0 Å². The molecule has 0 bridgehead atoms. The number of hydrogen-bond acceptors (Lipinski definition) is 2. The van der Waals surface area contributed by atoms with Crippen molar-refractivity contribution < 1.29 is 4.79 Å². The predicted octanol–water partition coefficient (Wildman–Crippen LogP) is 4.44. The van der Waals surface area contributed by atoms with Gasteiger partial charge in [0, 0.05) is 16.9 Å². The van der Waals surface area contributed by atoms with Crippen LogP contribution in [0, 0.1) is 6.92 Å². The quantitative estimate of drug-likeness (QED) is 0.723. The monoisotopic (exact) mass is 360 g/mol. The van der Waals surface area contributed by atoms with Crippen molar-refractivity contribution in [2.24, 2.45) is 0 Å². The molecule has 0 saturated heterocycles. The number of hydrogen-bond donors (Lipinski definition) is 2. The molecule has 0 radical (unpaired) electrons. The second-order valence-corrected chi connectivity index (χ2v) is 7.10. The van der Waals surface area contributed by atoms with Gasteiger partial charge in [-0.15, -0.1) is 0 Å². The van der Waals surface area contributed by atoms with Gasteiger partial charge in [0.2, 0.25) is 0 Å². The van der Waals surface area contributed by atoms with Gasteiger partial charge in [-0.25, -0.2) is 4.79 Å². The zero-order chi connectivity index (χ0) is 18.6. The third kappa shape index (κ3) is 4.03. The number of fused-ring (bicyclic) bond motifs is 1. The molecule has 0 aliphatic heterocycles. The molecular formula is C22H24N4O. The van der Waals surface area contributed by atoms with Crippen molar-refractivity contribution in [3.05, 3.63) is 83.2 Å². The number of rotatable bonds is 4. The molecule has 1 unspecified atom stereocenters. The van der Waals surface area contributed by atoms with E-state index in [1.165, 1.54) is 16.8 Å². The minimum absolute atomic E-state index is 0.00345. The molecule has 0 spiro atoms. The third-order valence-electron chi connectivity index (χ3n) is 5.05. The van der Waals surface area contributed by atoms with Crippen LogP contribution in [-0.2, 0) is 13.0 Å². The lowest BCUT2D eigenvalue weighted by atomic mass is 9.93. The zero-order valence-electron chi connectivity index (χ0n) is 15.5. The smallest absolute Gasteiger partial charge is 0.319 e. The number of nitrogens with one attached hydrogen (secondary N) is 2. The summed E-state index contributed by atoms with van der Waals surface area (Å²) in [6, 6.07) is 18.0. The van der Waals surface area contributed by atoms with Crippen LogP contribution in [0.4, 0.5) is 10.5 Å². The highest BCUT2D eigenvalue weighted by Gasteiger charge is 2.25. The second kappa shape index (κ2) is 7.66. The van der Waals surface area contributed by atoms with E-state index in [-0.39, 0.29) is 12.1 Å². The molecule has 138 valence electrons. The highest BCUT2D eigenvalue weighted by Crippen LogP contribution is 2.30. The number of aryl methyl sites for hydroxylation is 1. The minimum atomic E-state index is -0.174. The van der Waals surface area contributed by atoms with E-state index in [2.05, 4.69) is 32.5 Å². The number of nitrogens with zero attached hydrogens (tertiary/aromatic N) is 2. The largest absolute Gasteiger partial charge is 0.331 e. The Bertz CT molecular complexity index is 915. The molecule has 2 N–H and O–H groups in total. The van der Waals surface area contributed by atoms with E-state index >= 15 is 0 Å². The Labute approximate surface area is 159 Å². The maximum atomic E-state index is 12.4. The van der Waals surface area contributed by atoms with Crippen molar-refractivity contribution in [3.63, 3.8) is 0 Å². The maximum absolute atomic E-state index is 12.4. The van der Waals surface area contributed by atoms with E-state index in [1.807, 2.05) is 55.6 Å².